The molecule has 1 amide bonds. The summed E-state index contributed by atoms with van der Waals surface area (Å²) in [5.41, 5.74) is 1.04. The second kappa shape index (κ2) is 6.32. The molecule has 0 spiro atoms. The monoisotopic (exact) mass is 434 g/mol. The first-order valence-electron chi connectivity index (χ1n) is 9.10. The van der Waals surface area contributed by atoms with Crippen molar-refractivity contribution in [3.8, 4) is 0 Å². The van der Waals surface area contributed by atoms with Gasteiger partial charge in [0.05, 0.1) is 21.2 Å². The normalized spacial score (nSPS) is 16.0. The van der Waals surface area contributed by atoms with E-state index in [0.717, 1.165) is 4.88 Å². The molecule has 8 heteroatoms. The smallest absolute Gasteiger partial charge is 0.297 e. The van der Waals surface area contributed by atoms with Crippen molar-refractivity contribution in [2.75, 3.05) is 4.90 Å². The van der Waals surface area contributed by atoms with Crippen molar-refractivity contribution in [2.24, 2.45) is 0 Å². The number of benzene rings is 2. The van der Waals surface area contributed by atoms with E-state index in [1.54, 1.807) is 30.3 Å². The summed E-state index contributed by atoms with van der Waals surface area (Å²) in [6.45, 7) is 0. The van der Waals surface area contributed by atoms with Gasteiger partial charge in [0.15, 0.2) is 10.6 Å². The maximum absolute atomic E-state index is 13.7. The number of aromatic nitrogens is 1. The average Bonchev–Trinajstić information content (AvgIpc) is 3.46. The molecule has 1 atom stereocenters. The first-order chi connectivity index (χ1) is 14.6. The Morgan fingerprint density at radius 1 is 1.07 bits per heavy atom. The molecule has 2 aromatic carbocycles. The van der Waals surface area contributed by atoms with Crippen LogP contribution in [0, 0.1) is 5.82 Å². The molecule has 1 aliphatic rings. The molecule has 0 saturated carbocycles. The fraction of sp³-hybridized carbons (Fsp3) is 0.0455. The Morgan fingerprint density at radius 3 is 2.77 bits per heavy atom. The van der Waals surface area contributed by atoms with E-state index in [0.29, 0.717) is 31.9 Å². The third-order valence-corrected chi connectivity index (χ3v) is 7.08. The Balaban J connectivity index is 1.64. The van der Waals surface area contributed by atoms with E-state index in [1.807, 2.05) is 17.5 Å². The Morgan fingerprint density at radius 2 is 1.93 bits per heavy atom. The zero-order valence-electron chi connectivity index (χ0n) is 15.2. The topological polar surface area (TPSA) is 63.4 Å². The summed E-state index contributed by atoms with van der Waals surface area (Å²) < 4.78 is 20.2. The van der Waals surface area contributed by atoms with Gasteiger partial charge in [-0.15, -0.1) is 11.3 Å². The molecule has 0 unspecified atom stereocenters. The summed E-state index contributed by atoms with van der Waals surface area (Å²) in [6, 6.07) is 14.3. The van der Waals surface area contributed by atoms with Crippen LogP contribution < -0.4 is 10.3 Å². The molecule has 5 nitrogen and oxygen atoms in total. The van der Waals surface area contributed by atoms with Crippen LogP contribution in [0.15, 0.2) is 69.2 Å². The SMILES string of the molecule is O=C1c2oc3ccccc3c(=O)c2[C@@H](c2cccs2)N1c1nc2ccc(F)cc2s1. The summed E-state index contributed by atoms with van der Waals surface area (Å²) in [4.78, 5) is 33.7. The Hall–Kier alpha value is -3.36. The average molecular weight is 434 g/mol. The number of thiazole rings is 1. The molecule has 30 heavy (non-hydrogen) atoms. The van der Waals surface area contributed by atoms with E-state index in [-0.39, 0.29) is 17.0 Å². The number of hydrogen-bond acceptors (Lipinski definition) is 6. The predicted molar refractivity (Wildman–Crippen MR) is 115 cm³/mol. The standard InChI is InChI=1S/C22H11FN2O3S2/c23-11-7-8-13-16(10-11)30-22(24-13)25-18(15-6-3-9-29-15)17-19(26)12-4-1-2-5-14(12)28-20(17)21(25)27/h1-10,18H/t18-/m1/s1. The molecule has 0 bridgehead atoms. The van der Waals surface area contributed by atoms with E-state index in [9.17, 15) is 14.0 Å². The van der Waals surface area contributed by atoms with Gasteiger partial charge in [0.2, 0.25) is 5.76 Å². The lowest BCUT2D eigenvalue weighted by Gasteiger charge is -2.20. The molecule has 0 fully saturated rings. The maximum Gasteiger partial charge on any atom is 0.297 e. The van der Waals surface area contributed by atoms with Crippen molar-refractivity contribution in [3.05, 3.63) is 92.2 Å². The van der Waals surface area contributed by atoms with Gasteiger partial charge in [-0.1, -0.05) is 29.5 Å². The number of amides is 1. The van der Waals surface area contributed by atoms with Crippen LogP contribution >= 0.6 is 22.7 Å². The highest BCUT2D eigenvalue weighted by atomic mass is 32.1. The van der Waals surface area contributed by atoms with Crippen LogP contribution in [0.3, 0.4) is 0 Å². The summed E-state index contributed by atoms with van der Waals surface area (Å²) in [5.74, 6) is -0.764. The minimum atomic E-state index is -0.640. The molecule has 6 rings (SSSR count). The fourth-order valence-corrected chi connectivity index (χ4v) is 5.66. The minimum absolute atomic E-state index is 0.0301. The lowest BCUT2D eigenvalue weighted by molar-refractivity contribution is 0.0971. The second-order valence-electron chi connectivity index (χ2n) is 6.87. The fourth-order valence-electron chi connectivity index (χ4n) is 3.82. The van der Waals surface area contributed by atoms with E-state index >= 15 is 0 Å². The van der Waals surface area contributed by atoms with Crippen molar-refractivity contribution in [2.45, 2.75) is 6.04 Å². The number of hydrogen-bond donors (Lipinski definition) is 0. The predicted octanol–water partition coefficient (Wildman–Crippen LogP) is 5.35. The van der Waals surface area contributed by atoms with E-state index < -0.39 is 11.9 Å². The van der Waals surface area contributed by atoms with Crippen molar-refractivity contribution in [1.82, 2.24) is 4.98 Å². The molecular formula is C22H11FN2O3S2. The van der Waals surface area contributed by atoms with Crippen LogP contribution in [0.2, 0.25) is 0 Å². The van der Waals surface area contributed by atoms with Gasteiger partial charge in [0.25, 0.3) is 5.91 Å². The first kappa shape index (κ1) is 17.5. The van der Waals surface area contributed by atoms with Gasteiger partial charge in [-0.2, -0.15) is 0 Å². The molecule has 4 heterocycles. The van der Waals surface area contributed by atoms with E-state index in [4.69, 9.17) is 4.42 Å². The molecule has 0 radical (unpaired) electrons. The molecular weight excluding hydrogens is 423 g/mol. The molecule has 0 saturated heterocycles. The van der Waals surface area contributed by atoms with Crippen LogP contribution in [-0.2, 0) is 0 Å². The highest BCUT2D eigenvalue weighted by molar-refractivity contribution is 7.22. The third-order valence-electron chi connectivity index (χ3n) is 5.14. The molecule has 1 aliphatic heterocycles. The summed E-state index contributed by atoms with van der Waals surface area (Å²) in [7, 11) is 0. The number of thiophene rings is 1. The van der Waals surface area contributed by atoms with Crippen LogP contribution in [0.4, 0.5) is 9.52 Å². The molecule has 0 aliphatic carbocycles. The number of fused-ring (bicyclic) bond motifs is 3. The van der Waals surface area contributed by atoms with Gasteiger partial charge in [-0.25, -0.2) is 9.37 Å². The molecule has 3 aromatic heterocycles. The third kappa shape index (κ3) is 2.41. The largest absolute Gasteiger partial charge is 0.450 e. The summed E-state index contributed by atoms with van der Waals surface area (Å²) in [5, 5.41) is 2.72. The van der Waals surface area contributed by atoms with Gasteiger partial charge < -0.3 is 4.42 Å². The number of para-hydroxylation sites is 1. The summed E-state index contributed by atoms with van der Waals surface area (Å²) >= 11 is 2.66. The van der Waals surface area contributed by atoms with Gasteiger partial charge in [-0.05, 0) is 41.8 Å². The van der Waals surface area contributed by atoms with Crippen molar-refractivity contribution in [1.29, 1.82) is 0 Å². The van der Waals surface area contributed by atoms with Gasteiger partial charge >= 0.3 is 0 Å². The van der Waals surface area contributed by atoms with E-state index in [1.165, 1.54) is 39.7 Å². The van der Waals surface area contributed by atoms with Crippen molar-refractivity contribution >= 4 is 54.9 Å². The zero-order chi connectivity index (χ0) is 20.4. The minimum Gasteiger partial charge on any atom is -0.450 e. The molecule has 146 valence electrons. The molecule has 0 N–H and O–H groups in total. The highest BCUT2D eigenvalue weighted by Gasteiger charge is 2.45. The van der Waals surface area contributed by atoms with Crippen molar-refractivity contribution < 1.29 is 13.6 Å². The number of rotatable bonds is 2. The van der Waals surface area contributed by atoms with Gasteiger partial charge in [0.1, 0.15) is 17.4 Å². The number of carbonyl (C=O) groups excluding carboxylic acids is 1. The van der Waals surface area contributed by atoms with Gasteiger partial charge in [0, 0.05) is 4.88 Å². The van der Waals surface area contributed by atoms with Crippen LogP contribution in [0.5, 0.6) is 0 Å². The van der Waals surface area contributed by atoms with Crippen molar-refractivity contribution in [3.63, 3.8) is 0 Å². The van der Waals surface area contributed by atoms with Crippen LogP contribution in [0.1, 0.15) is 27.0 Å². The lowest BCUT2D eigenvalue weighted by atomic mass is 10.0. The number of anilines is 1. The van der Waals surface area contributed by atoms with Crippen LogP contribution in [-0.4, -0.2) is 10.9 Å². The quantitative estimate of drug-likeness (QED) is 0.376. The summed E-state index contributed by atoms with van der Waals surface area (Å²) in [6.07, 6.45) is 0. The number of carbonyl (C=O) groups is 1. The number of nitrogens with zero attached hydrogens (tertiary/aromatic N) is 2. The van der Waals surface area contributed by atoms with Crippen LogP contribution in [0.25, 0.3) is 21.2 Å². The van der Waals surface area contributed by atoms with Gasteiger partial charge in [-0.3, -0.25) is 14.5 Å². The zero-order valence-corrected chi connectivity index (χ0v) is 16.8. The Bertz CT molecular complexity index is 1520. The number of halogens is 1. The maximum atomic E-state index is 13.7. The Labute approximate surface area is 176 Å². The second-order valence-corrected chi connectivity index (χ2v) is 8.86. The molecule has 5 aromatic rings. The lowest BCUT2D eigenvalue weighted by Crippen LogP contribution is -2.28. The first-order valence-corrected chi connectivity index (χ1v) is 10.8. The van der Waals surface area contributed by atoms with E-state index in [2.05, 4.69) is 4.98 Å². The highest BCUT2D eigenvalue weighted by Crippen LogP contribution is 2.44. The Kier molecular flexibility index (Phi) is 3.68.